The normalized spacial score (nSPS) is 11.2. The van der Waals surface area contributed by atoms with Gasteiger partial charge < -0.3 is 5.11 Å². The second kappa shape index (κ2) is 5.79. The lowest BCUT2D eigenvalue weighted by Gasteiger charge is -2.05. The van der Waals surface area contributed by atoms with Crippen LogP contribution in [0.4, 0.5) is 5.69 Å². The number of anilines is 1. The summed E-state index contributed by atoms with van der Waals surface area (Å²) in [7, 11) is -3.70. The van der Waals surface area contributed by atoms with E-state index in [4.69, 9.17) is 5.11 Å². The molecule has 2 N–H and O–H groups in total. The van der Waals surface area contributed by atoms with Crippen molar-refractivity contribution in [2.45, 2.75) is 11.4 Å². The van der Waals surface area contributed by atoms with E-state index in [-0.39, 0.29) is 17.1 Å². The molecule has 0 spiro atoms. The smallest absolute Gasteiger partial charge is 0.325 e. The molecule has 0 saturated carbocycles. The van der Waals surface area contributed by atoms with Crippen molar-refractivity contribution in [3.8, 4) is 0 Å². The van der Waals surface area contributed by atoms with Gasteiger partial charge in [0.15, 0.2) is 0 Å². The fourth-order valence-corrected chi connectivity index (χ4v) is 2.86. The molecule has 2 aromatic rings. The summed E-state index contributed by atoms with van der Waals surface area (Å²) in [4.78, 5) is 10.6. The van der Waals surface area contributed by atoms with E-state index in [0.717, 1.165) is 8.25 Å². The van der Waals surface area contributed by atoms with Gasteiger partial charge in [-0.2, -0.15) is 5.10 Å². The summed E-state index contributed by atoms with van der Waals surface area (Å²) in [6.45, 7) is -0.328. The van der Waals surface area contributed by atoms with Crippen LogP contribution >= 0.6 is 22.6 Å². The van der Waals surface area contributed by atoms with Gasteiger partial charge in [-0.1, -0.05) is 0 Å². The lowest BCUT2D eigenvalue weighted by Crippen LogP contribution is -2.12. The van der Waals surface area contributed by atoms with E-state index >= 15 is 0 Å². The van der Waals surface area contributed by atoms with Gasteiger partial charge in [0.05, 0.1) is 16.8 Å². The van der Waals surface area contributed by atoms with Crippen LogP contribution in [0, 0.1) is 3.57 Å². The summed E-state index contributed by atoms with van der Waals surface area (Å²) in [6, 6.07) is 6.35. The molecular formula is C11H10IN3O4S. The Kier molecular flexibility index (Phi) is 4.28. The van der Waals surface area contributed by atoms with E-state index in [0.29, 0.717) is 0 Å². The van der Waals surface area contributed by atoms with Crippen LogP contribution in [0.25, 0.3) is 0 Å². The third-order valence-corrected chi connectivity index (χ3v) is 4.42. The standard InChI is InChI=1S/C11H10IN3O4S/c12-8-1-3-10(4-2-8)20(18,19)14-9-5-13-15(6-9)7-11(16)17/h1-6,14H,7H2,(H,16,17). The highest BCUT2D eigenvalue weighted by Gasteiger charge is 2.15. The van der Waals surface area contributed by atoms with E-state index in [9.17, 15) is 13.2 Å². The highest BCUT2D eigenvalue weighted by atomic mass is 127. The molecule has 0 bridgehead atoms. The minimum Gasteiger partial charge on any atom is -0.480 e. The van der Waals surface area contributed by atoms with Crippen LogP contribution in [0.3, 0.4) is 0 Å². The summed E-state index contributed by atoms with van der Waals surface area (Å²) in [5, 5.41) is 12.4. The summed E-state index contributed by atoms with van der Waals surface area (Å²) < 4.78 is 28.6. The minimum absolute atomic E-state index is 0.129. The number of rotatable bonds is 5. The van der Waals surface area contributed by atoms with Gasteiger partial charge in [0.25, 0.3) is 10.0 Å². The number of nitrogens with zero attached hydrogens (tertiary/aromatic N) is 2. The van der Waals surface area contributed by atoms with Crippen LogP contribution < -0.4 is 4.72 Å². The first kappa shape index (κ1) is 14.8. The average Bonchev–Trinajstić information content (AvgIpc) is 2.75. The van der Waals surface area contributed by atoms with Gasteiger partial charge in [0.1, 0.15) is 6.54 Å². The Balaban J connectivity index is 2.18. The molecule has 0 unspecified atom stereocenters. The van der Waals surface area contributed by atoms with Crippen LogP contribution in [0.2, 0.25) is 0 Å². The number of halogens is 1. The zero-order valence-corrected chi connectivity index (χ0v) is 13.0. The van der Waals surface area contributed by atoms with Gasteiger partial charge >= 0.3 is 5.97 Å². The number of sulfonamides is 1. The maximum atomic E-state index is 12.1. The zero-order chi connectivity index (χ0) is 14.8. The third-order valence-electron chi connectivity index (χ3n) is 2.31. The molecule has 0 saturated heterocycles. The molecule has 0 fully saturated rings. The van der Waals surface area contributed by atoms with Crippen LogP contribution in [-0.2, 0) is 21.4 Å². The molecular weight excluding hydrogens is 397 g/mol. The molecule has 1 aromatic heterocycles. The van der Waals surface area contributed by atoms with Gasteiger partial charge in [-0.05, 0) is 46.9 Å². The van der Waals surface area contributed by atoms with E-state index in [2.05, 4.69) is 32.4 Å². The number of benzene rings is 1. The summed E-state index contributed by atoms with van der Waals surface area (Å²) in [5.41, 5.74) is 0.213. The van der Waals surface area contributed by atoms with Gasteiger partial charge in [-0.25, -0.2) is 8.42 Å². The SMILES string of the molecule is O=C(O)Cn1cc(NS(=O)(=O)c2ccc(I)cc2)cn1. The van der Waals surface area contributed by atoms with Crippen molar-refractivity contribution in [3.05, 3.63) is 40.2 Å². The molecule has 1 heterocycles. The Morgan fingerprint density at radius 2 is 2.00 bits per heavy atom. The van der Waals surface area contributed by atoms with E-state index < -0.39 is 16.0 Å². The molecule has 0 amide bonds. The van der Waals surface area contributed by atoms with Crippen molar-refractivity contribution in [3.63, 3.8) is 0 Å². The first-order valence-corrected chi connectivity index (χ1v) is 7.96. The van der Waals surface area contributed by atoms with Crippen molar-refractivity contribution in [1.29, 1.82) is 0 Å². The fourth-order valence-electron chi connectivity index (χ4n) is 1.47. The molecule has 0 atom stereocenters. The van der Waals surface area contributed by atoms with Crippen molar-refractivity contribution in [2.24, 2.45) is 0 Å². The minimum atomic E-state index is -3.70. The predicted molar refractivity (Wildman–Crippen MR) is 79.8 cm³/mol. The molecule has 0 aliphatic heterocycles. The third kappa shape index (κ3) is 3.70. The van der Waals surface area contributed by atoms with Crippen molar-refractivity contribution < 1.29 is 18.3 Å². The summed E-state index contributed by atoms with van der Waals surface area (Å²) in [5.74, 6) is -1.06. The van der Waals surface area contributed by atoms with Crippen molar-refractivity contribution in [1.82, 2.24) is 9.78 Å². The zero-order valence-electron chi connectivity index (χ0n) is 10.0. The fraction of sp³-hybridized carbons (Fsp3) is 0.0909. The molecule has 2 rings (SSSR count). The second-order valence-corrected chi connectivity index (χ2v) is 6.81. The number of carboxylic acid groups (broad SMARTS) is 1. The number of hydrogen-bond acceptors (Lipinski definition) is 4. The largest absolute Gasteiger partial charge is 0.480 e. The van der Waals surface area contributed by atoms with Crippen LogP contribution in [-0.4, -0.2) is 29.3 Å². The molecule has 0 aliphatic carbocycles. The number of aromatic nitrogens is 2. The first-order valence-electron chi connectivity index (χ1n) is 5.39. The Morgan fingerprint density at radius 1 is 1.35 bits per heavy atom. The number of aliphatic carboxylic acids is 1. The Bertz CT molecular complexity index is 724. The number of carboxylic acids is 1. The van der Waals surface area contributed by atoms with Gasteiger partial charge in [0, 0.05) is 9.77 Å². The molecule has 1 aromatic carbocycles. The van der Waals surface area contributed by atoms with Crippen LogP contribution in [0.1, 0.15) is 0 Å². The maximum absolute atomic E-state index is 12.1. The average molecular weight is 407 g/mol. The van der Waals surface area contributed by atoms with Crippen LogP contribution in [0.5, 0.6) is 0 Å². The molecule has 0 aliphatic rings. The maximum Gasteiger partial charge on any atom is 0.325 e. The molecule has 9 heteroatoms. The van der Waals surface area contributed by atoms with Crippen molar-refractivity contribution in [2.75, 3.05) is 4.72 Å². The van der Waals surface area contributed by atoms with Gasteiger partial charge in [0.2, 0.25) is 0 Å². The van der Waals surface area contributed by atoms with Gasteiger partial charge in [-0.3, -0.25) is 14.2 Å². The highest BCUT2D eigenvalue weighted by molar-refractivity contribution is 14.1. The summed E-state index contributed by atoms with van der Waals surface area (Å²) >= 11 is 2.08. The topological polar surface area (TPSA) is 101 Å². The molecule has 20 heavy (non-hydrogen) atoms. The van der Waals surface area contributed by atoms with E-state index in [1.165, 1.54) is 24.5 Å². The Labute approximate surface area is 128 Å². The first-order chi connectivity index (χ1) is 9.37. The lowest BCUT2D eigenvalue weighted by atomic mass is 10.4. The Hall–Kier alpha value is -1.62. The Morgan fingerprint density at radius 3 is 2.60 bits per heavy atom. The highest BCUT2D eigenvalue weighted by Crippen LogP contribution is 2.16. The van der Waals surface area contributed by atoms with Crippen LogP contribution in [0.15, 0.2) is 41.6 Å². The monoisotopic (exact) mass is 407 g/mol. The molecule has 7 nitrogen and oxygen atoms in total. The second-order valence-electron chi connectivity index (χ2n) is 3.88. The lowest BCUT2D eigenvalue weighted by molar-refractivity contribution is -0.137. The summed E-state index contributed by atoms with van der Waals surface area (Å²) in [6.07, 6.45) is 2.57. The molecule has 106 valence electrons. The number of hydrogen-bond donors (Lipinski definition) is 2. The number of nitrogens with one attached hydrogen (secondary N) is 1. The predicted octanol–water partition coefficient (Wildman–Crippen LogP) is 1.37. The van der Waals surface area contributed by atoms with Crippen molar-refractivity contribution >= 4 is 44.3 Å². The number of carbonyl (C=O) groups is 1. The van der Waals surface area contributed by atoms with Gasteiger partial charge in [-0.15, -0.1) is 0 Å². The quantitative estimate of drug-likeness (QED) is 0.730. The van der Waals surface area contributed by atoms with E-state index in [1.807, 2.05) is 0 Å². The molecule has 0 radical (unpaired) electrons. The van der Waals surface area contributed by atoms with E-state index in [1.54, 1.807) is 12.1 Å².